The summed E-state index contributed by atoms with van der Waals surface area (Å²) in [6.45, 7) is 13.2. The van der Waals surface area contributed by atoms with Crippen molar-refractivity contribution in [3.8, 4) is 0 Å². The van der Waals surface area contributed by atoms with Crippen LogP contribution in [-0.2, 0) is 33.4 Å². The second-order valence-electron chi connectivity index (χ2n) is 13.0. The van der Waals surface area contributed by atoms with E-state index in [-0.39, 0.29) is 37.5 Å². The highest BCUT2D eigenvalue weighted by molar-refractivity contribution is 5.98. The molecule has 4 rings (SSSR count). The van der Waals surface area contributed by atoms with Crippen LogP contribution in [0.25, 0.3) is 0 Å². The summed E-state index contributed by atoms with van der Waals surface area (Å²) in [5.41, 5.74) is -0.596. The molecule has 1 unspecified atom stereocenters. The quantitative estimate of drug-likeness (QED) is 0.182. The van der Waals surface area contributed by atoms with E-state index in [0.29, 0.717) is 31.4 Å². The van der Waals surface area contributed by atoms with Crippen molar-refractivity contribution < 1.29 is 38.5 Å². The van der Waals surface area contributed by atoms with Crippen molar-refractivity contribution in [1.29, 1.82) is 0 Å². The lowest BCUT2D eigenvalue weighted by Crippen LogP contribution is -2.59. The zero-order valence-corrected chi connectivity index (χ0v) is 28.1. The minimum absolute atomic E-state index is 0.0665. The van der Waals surface area contributed by atoms with Gasteiger partial charge in [0.2, 0.25) is 17.7 Å². The monoisotopic (exact) mass is 653 g/mol. The molecule has 2 N–H and O–H groups in total. The smallest absolute Gasteiger partial charge is 0.313 e. The Hall–Kier alpha value is -3.54. The van der Waals surface area contributed by atoms with E-state index < -0.39 is 59.6 Å². The van der Waals surface area contributed by atoms with Crippen molar-refractivity contribution in [2.45, 2.75) is 101 Å². The Kier molecular flexibility index (Phi) is 12.4. The lowest BCUT2D eigenvalue weighted by Gasteiger charge is -2.40. The van der Waals surface area contributed by atoms with Gasteiger partial charge < -0.3 is 34.4 Å². The van der Waals surface area contributed by atoms with Crippen LogP contribution in [-0.4, -0.2) is 101 Å². The number of aliphatic hydroxyl groups excluding tert-OH is 1. The number of nitrogens with zero attached hydrogens (tertiary/aromatic N) is 2. The highest BCUT2D eigenvalue weighted by Crippen LogP contribution is 2.59. The maximum Gasteiger partial charge on any atom is 0.313 e. The van der Waals surface area contributed by atoms with E-state index in [9.17, 15) is 24.3 Å². The molecule has 3 heterocycles. The standard InChI is InChI=1S/C36H51N3O8/c1-7-10-17-28(41)37-26(22-45-6)31(25-15-12-11-13-16-25)46-35(44)29-27-18-19-36(47-27)30(29)33(42)39(24(5)21-40)32(36)34(43)38(20-9-3)23(4)14-8-2/h7,9,11-13,15-16,23-24,26-27,29-32,40H,1,3,8,10,14,17-22H2,2,4-6H3,(H,37,41)/t23?,24-,26+,27+,29-,30-,31+,32+,36-/m1/s1. The predicted molar refractivity (Wildman–Crippen MR) is 176 cm³/mol. The van der Waals surface area contributed by atoms with Crippen molar-refractivity contribution in [2.24, 2.45) is 11.8 Å². The molecule has 2 bridgehead atoms. The molecule has 0 radical (unpaired) electrons. The van der Waals surface area contributed by atoms with Gasteiger partial charge in [-0.25, -0.2) is 0 Å². The molecule has 9 atom stereocenters. The summed E-state index contributed by atoms with van der Waals surface area (Å²) in [5.74, 6) is -3.51. The number of methoxy groups -OCH3 is 1. The summed E-state index contributed by atoms with van der Waals surface area (Å²) in [5, 5.41) is 13.2. The summed E-state index contributed by atoms with van der Waals surface area (Å²) in [4.78, 5) is 59.1. The number of carbonyl (C=O) groups is 4. The van der Waals surface area contributed by atoms with Crippen LogP contribution in [0.4, 0.5) is 0 Å². The number of likely N-dealkylation sites (tertiary alicyclic amines) is 1. The molecule has 3 fully saturated rings. The topological polar surface area (TPSA) is 135 Å². The number of nitrogens with one attached hydrogen (secondary N) is 1. The van der Waals surface area contributed by atoms with E-state index in [1.165, 1.54) is 12.0 Å². The molecule has 1 aromatic carbocycles. The summed E-state index contributed by atoms with van der Waals surface area (Å²) in [6, 6.07) is 6.55. The highest BCUT2D eigenvalue weighted by atomic mass is 16.6. The SMILES string of the molecule is C=CCCC(=O)N[C@@H](COC)[C@@H](OC(=O)[C@@H]1[C@@H]2CC[C@]3(O2)[C@H](C(=O)N(CC=C)C(C)CCC)N([C@H](C)CO)C(=O)[C@@H]13)c1ccccc1. The first kappa shape index (κ1) is 36.3. The molecule has 11 nitrogen and oxygen atoms in total. The number of allylic oxidation sites excluding steroid dienone is 1. The molecule has 0 aromatic heterocycles. The Morgan fingerprint density at radius 1 is 1.21 bits per heavy atom. The number of benzene rings is 1. The molecule has 258 valence electrons. The van der Waals surface area contributed by atoms with Crippen LogP contribution in [0.5, 0.6) is 0 Å². The largest absolute Gasteiger partial charge is 0.455 e. The summed E-state index contributed by atoms with van der Waals surface area (Å²) >= 11 is 0. The van der Waals surface area contributed by atoms with E-state index >= 15 is 0 Å². The van der Waals surface area contributed by atoms with Crippen molar-refractivity contribution in [3.63, 3.8) is 0 Å². The number of aliphatic hydroxyl groups is 1. The Morgan fingerprint density at radius 3 is 2.55 bits per heavy atom. The van der Waals surface area contributed by atoms with Gasteiger partial charge in [0, 0.05) is 26.1 Å². The number of ether oxygens (including phenoxy) is 3. The average Bonchev–Trinajstić information content (AvgIpc) is 3.72. The normalized spacial score (nSPS) is 27.0. The maximum atomic E-state index is 14.5. The number of fused-ring (bicyclic) bond motifs is 1. The van der Waals surface area contributed by atoms with Crippen molar-refractivity contribution in [2.75, 3.05) is 26.9 Å². The fourth-order valence-corrected chi connectivity index (χ4v) is 7.68. The summed E-state index contributed by atoms with van der Waals surface area (Å²) in [7, 11) is 1.50. The lowest BCUT2D eigenvalue weighted by atomic mass is 9.70. The first-order valence-corrected chi connectivity index (χ1v) is 16.8. The number of carbonyl (C=O) groups excluding carboxylic acids is 4. The van der Waals surface area contributed by atoms with Gasteiger partial charge in [-0.15, -0.1) is 13.2 Å². The third kappa shape index (κ3) is 7.17. The lowest BCUT2D eigenvalue weighted by molar-refractivity contribution is -0.163. The molecule has 0 aliphatic carbocycles. The summed E-state index contributed by atoms with van der Waals surface area (Å²) in [6.07, 6.45) is 4.98. The van der Waals surface area contributed by atoms with E-state index in [4.69, 9.17) is 14.2 Å². The van der Waals surface area contributed by atoms with Crippen LogP contribution in [0.3, 0.4) is 0 Å². The molecule has 1 aromatic rings. The Labute approximate surface area is 278 Å². The van der Waals surface area contributed by atoms with Gasteiger partial charge in [-0.1, -0.05) is 55.8 Å². The third-order valence-corrected chi connectivity index (χ3v) is 9.84. The van der Waals surface area contributed by atoms with Gasteiger partial charge in [0.15, 0.2) is 0 Å². The highest BCUT2D eigenvalue weighted by Gasteiger charge is 2.75. The van der Waals surface area contributed by atoms with Gasteiger partial charge in [0.1, 0.15) is 17.7 Å². The maximum absolute atomic E-state index is 14.5. The molecule has 3 amide bonds. The number of amides is 3. The molecule has 3 saturated heterocycles. The molecule has 3 aliphatic rings. The zero-order valence-electron chi connectivity index (χ0n) is 28.1. The van der Waals surface area contributed by atoms with Gasteiger partial charge in [-0.3, -0.25) is 19.2 Å². The number of hydrogen-bond acceptors (Lipinski definition) is 8. The van der Waals surface area contributed by atoms with Crippen LogP contribution in [0.15, 0.2) is 55.6 Å². The van der Waals surface area contributed by atoms with Gasteiger partial charge in [0.25, 0.3) is 0 Å². The number of rotatable bonds is 18. The van der Waals surface area contributed by atoms with Gasteiger partial charge >= 0.3 is 5.97 Å². The Balaban J connectivity index is 1.70. The van der Waals surface area contributed by atoms with Crippen molar-refractivity contribution in [1.82, 2.24) is 15.1 Å². The number of esters is 1. The summed E-state index contributed by atoms with van der Waals surface area (Å²) < 4.78 is 18.3. The first-order chi connectivity index (χ1) is 22.6. The first-order valence-electron chi connectivity index (χ1n) is 16.8. The van der Waals surface area contributed by atoms with Crippen LogP contribution in [0.2, 0.25) is 0 Å². The van der Waals surface area contributed by atoms with Gasteiger partial charge in [-0.05, 0) is 45.1 Å². The zero-order chi connectivity index (χ0) is 34.3. The predicted octanol–water partition coefficient (Wildman–Crippen LogP) is 3.33. The number of hydrogen-bond donors (Lipinski definition) is 2. The van der Waals surface area contributed by atoms with Gasteiger partial charge in [0.05, 0.1) is 43.2 Å². The van der Waals surface area contributed by atoms with Crippen LogP contribution >= 0.6 is 0 Å². The van der Waals surface area contributed by atoms with Crippen molar-refractivity contribution >= 4 is 23.7 Å². The van der Waals surface area contributed by atoms with E-state index in [1.807, 2.05) is 32.0 Å². The van der Waals surface area contributed by atoms with Crippen molar-refractivity contribution in [3.05, 3.63) is 61.2 Å². The molecular weight excluding hydrogens is 602 g/mol. The Morgan fingerprint density at radius 2 is 1.94 bits per heavy atom. The third-order valence-electron chi connectivity index (χ3n) is 9.84. The van der Waals surface area contributed by atoms with Crippen LogP contribution in [0.1, 0.15) is 71.0 Å². The second kappa shape index (κ2) is 16.0. The second-order valence-corrected chi connectivity index (χ2v) is 13.0. The Bertz CT molecular complexity index is 1290. The van der Waals surface area contributed by atoms with Gasteiger partial charge in [-0.2, -0.15) is 0 Å². The minimum atomic E-state index is -1.25. The van der Waals surface area contributed by atoms with E-state index in [0.717, 1.165) is 12.8 Å². The fraction of sp³-hybridized carbons (Fsp3) is 0.611. The van der Waals surface area contributed by atoms with E-state index in [2.05, 4.69) is 18.5 Å². The molecule has 11 heteroatoms. The van der Waals surface area contributed by atoms with Crippen LogP contribution < -0.4 is 5.32 Å². The average molecular weight is 654 g/mol. The molecular formula is C36H51N3O8. The molecule has 1 spiro atoms. The van der Waals surface area contributed by atoms with E-state index in [1.54, 1.807) is 36.1 Å². The van der Waals surface area contributed by atoms with Crippen LogP contribution in [0, 0.1) is 11.8 Å². The molecule has 0 saturated carbocycles. The molecule has 3 aliphatic heterocycles. The fourth-order valence-electron chi connectivity index (χ4n) is 7.68. The minimum Gasteiger partial charge on any atom is -0.455 e. The molecule has 47 heavy (non-hydrogen) atoms.